The lowest BCUT2D eigenvalue weighted by Crippen LogP contribution is -2.48. The molecule has 0 N–H and O–H groups in total. The molecule has 0 spiro atoms. The average molecular weight is 364 g/mol. The van der Waals surface area contributed by atoms with E-state index in [2.05, 4.69) is 11.0 Å². The first kappa shape index (κ1) is 17.5. The van der Waals surface area contributed by atoms with Crippen molar-refractivity contribution < 1.29 is 14.3 Å². The van der Waals surface area contributed by atoms with Gasteiger partial charge in [-0.1, -0.05) is 36.4 Å². The van der Waals surface area contributed by atoms with Crippen LogP contribution in [0.3, 0.4) is 0 Å². The molecule has 0 fully saturated rings. The highest BCUT2D eigenvalue weighted by molar-refractivity contribution is 5.79. The minimum Gasteiger partial charge on any atom is -0.453 e. The quantitative estimate of drug-likeness (QED) is 0.660. The van der Waals surface area contributed by atoms with Crippen molar-refractivity contribution >= 4 is 17.5 Å². The molecular formula is C22H24N2O3. The Balaban J connectivity index is 1.66. The van der Waals surface area contributed by atoms with E-state index < -0.39 is 5.60 Å². The van der Waals surface area contributed by atoms with Gasteiger partial charge in [0.25, 0.3) is 0 Å². The molecule has 2 heterocycles. The Morgan fingerprint density at radius 3 is 2.22 bits per heavy atom. The molecule has 5 heteroatoms. The van der Waals surface area contributed by atoms with E-state index in [1.807, 2.05) is 75.4 Å². The van der Waals surface area contributed by atoms with Crippen LogP contribution in [-0.2, 0) is 4.74 Å². The fourth-order valence-corrected chi connectivity index (χ4v) is 3.44. The topological polar surface area (TPSA) is 42.0 Å². The number of benzene rings is 2. The molecule has 5 nitrogen and oxygen atoms in total. The first-order valence-corrected chi connectivity index (χ1v) is 9.22. The molecule has 0 saturated carbocycles. The summed E-state index contributed by atoms with van der Waals surface area (Å²) in [4.78, 5) is 16.5. The number of amides is 1. The van der Waals surface area contributed by atoms with Crippen LogP contribution in [0.2, 0.25) is 0 Å². The van der Waals surface area contributed by atoms with E-state index in [-0.39, 0.29) is 12.1 Å². The standard InChI is InChI=1S/C22H24N2O3/c1-22(2,3)27-21(25)23-14-8-9-16(15-23)24-17-10-4-6-12-19(17)26-20-13-7-5-11-18(20)24/h4-13,16H,14-15H2,1-3H3. The van der Waals surface area contributed by atoms with Gasteiger partial charge < -0.3 is 19.3 Å². The van der Waals surface area contributed by atoms with Gasteiger partial charge in [-0.15, -0.1) is 0 Å². The second-order valence-corrected chi connectivity index (χ2v) is 7.79. The number of anilines is 2. The van der Waals surface area contributed by atoms with Crippen molar-refractivity contribution in [3.8, 4) is 11.5 Å². The van der Waals surface area contributed by atoms with Crippen LogP contribution in [0.4, 0.5) is 16.2 Å². The van der Waals surface area contributed by atoms with Crippen molar-refractivity contribution in [3.05, 3.63) is 60.7 Å². The van der Waals surface area contributed by atoms with Crippen molar-refractivity contribution in [1.29, 1.82) is 0 Å². The molecule has 2 aliphatic rings. The zero-order valence-electron chi connectivity index (χ0n) is 15.9. The molecule has 1 atom stereocenters. The molecule has 0 aromatic heterocycles. The fraction of sp³-hybridized carbons (Fsp3) is 0.318. The fourth-order valence-electron chi connectivity index (χ4n) is 3.44. The highest BCUT2D eigenvalue weighted by atomic mass is 16.6. The summed E-state index contributed by atoms with van der Waals surface area (Å²) in [6, 6.07) is 16.0. The van der Waals surface area contributed by atoms with Gasteiger partial charge in [0.2, 0.25) is 0 Å². The van der Waals surface area contributed by atoms with Gasteiger partial charge >= 0.3 is 6.09 Å². The zero-order valence-corrected chi connectivity index (χ0v) is 15.9. The zero-order chi connectivity index (χ0) is 19.0. The summed E-state index contributed by atoms with van der Waals surface area (Å²) in [5, 5.41) is 0. The molecule has 0 saturated heterocycles. The van der Waals surface area contributed by atoms with Gasteiger partial charge in [-0.2, -0.15) is 0 Å². The molecule has 2 aromatic rings. The maximum atomic E-state index is 12.6. The second-order valence-electron chi connectivity index (χ2n) is 7.79. The van der Waals surface area contributed by atoms with E-state index >= 15 is 0 Å². The Bertz CT molecular complexity index is 840. The summed E-state index contributed by atoms with van der Waals surface area (Å²) in [6.45, 7) is 6.76. The summed E-state index contributed by atoms with van der Waals surface area (Å²) >= 11 is 0. The van der Waals surface area contributed by atoms with Crippen molar-refractivity contribution in [2.24, 2.45) is 0 Å². The van der Waals surface area contributed by atoms with E-state index in [9.17, 15) is 4.79 Å². The predicted molar refractivity (Wildman–Crippen MR) is 106 cm³/mol. The Morgan fingerprint density at radius 2 is 1.63 bits per heavy atom. The third-order valence-electron chi connectivity index (χ3n) is 4.54. The van der Waals surface area contributed by atoms with E-state index in [1.54, 1.807) is 4.90 Å². The number of fused-ring (bicyclic) bond motifs is 2. The van der Waals surface area contributed by atoms with Crippen LogP contribution >= 0.6 is 0 Å². The van der Waals surface area contributed by atoms with Gasteiger partial charge in [-0.3, -0.25) is 0 Å². The molecule has 0 radical (unpaired) electrons. The number of hydrogen-bond acceptors (Lipinski definition) is 4. The van der Waals surface area contributed by atoms with E-state index in [4.69, 9.17) is 9.47 Å². The molecule has 27 heavy (non-hydrogen) atoms. The van der Waals surface area contributed by atoms with E-state index in [0.717, 1.165) is 22.9 Å². The van der Waals surface area contributed by atoms with Gasteiger partial charge in [0, 0.05) is 13.1 Å². The lowest BCUT2D eigenvalue weighted by Gasteiger charge is -2.41. The van der Waals surface area contributed by atoms with Crippen LogP contribution < -0.4 is 9.64 Å². The smallest absolute Gasteiger partial charge is 0.410 e. The number of ether oxygens (including phenoxy) is 2. The van der Waals surface area contributed by atoms with Gasteiger partial charge in [0.1, 0.15) is 5.60 Å². The van der Waals surface area contributed by atoms with Crippen LogP contribution in [0.1, 0.15) is 20.8 Å². The molecule has 4 rings (SSSR count). The highest BCUT2D eigenvalue weighted by Crippen LogP contribution is 2.47. The molecule has 0 bridgehead atoms. The number of nitrogens with zero attached hydrogens (tertiary/aromatic N) is 2. The SMILES string of the molecule is CC(C)(C)OC(=O)N1CC=CC(N2c3ccccc3Oc3ccccc32)C1. The summed E-state index contributed by atoms with van der Waals surface area (Å²) < 4.78 is 11.6. The molecule has 1 amide bonds. The normalized spacial score (nSPS) is 18.4. The van der Waals surface area contributed by atoms with Crippen LogP contribution in [0.15, 0.2) is 60.7 Å². The van der Waals surface area contributed by atoms with Gasteiger partial charge in [-0.25, -0.2) is 4.79 Å². The van der Waals surface area contributed by atoms with Crippen molar-refractivity contribution in [2.75, 3.05) is 18.0 Å². The minimum absolute atomic E-state index is 0.00234. The maximum absolute atomic E-state index is 12.6. The molecular weight excluding hydrogens is 340 g/mol. The predicted octanol–water partition coefficient (Wildman–Crippen LogP) is 5.11. The first-order valence-electron chi connectivity index (χ1n) is 9.22. The maximum Gasteiger partial charge on any atom is 0.410 e. The minimum atomic E-state index is -0.508. The van der Waals surface area contributed by atoms with Crippen LogP contribution in [-0.4, -0.2) is 35.7 Å². The number of hydrogen-bond donors (Lipinski definition) is 0. The number of para-hydroxylation sites is 4. The van der Waals surface area contributed by atoms with Gasteiger partial charge in [0.05, 0.1) is 17.4 Å². The monoisotopic (exact) mass is 364 g/mol. The Kier molecular flexibility index (Phi) is 4.30. The van der Waals surface area contributed by atoms with Crippen molar-refractivity contribution in [2.45, 2.75) is 32.4 Å². The third-order valence-corrected chi connectivity index (χ3v) is 4.54. The number of rotatable bonds is 1. The van der Waals surface area contributed by atoms with Gasteiger partial charge in [0.15, 0.2) is 11.5 Å². The highest BCUT2D eigenvalue weighted by Gasteiger charge is 2.33. The molecule has 2 aliphatic heterocycles. The van der Waals surface area contributed by atoms with Crippen molar-refractivity contribution in [1.82, 2.24) is 4.90 Å². The summed E-state index contributed by atoms with van der Waals surface area (Å²) in [6.07, 6.45) is 3.89. The Labute approximate surface area is 159 Å². The third kappa shape index (κ3) is 3.50. The van der Waals surface area contributed by atoms with Crippen LogP contribution in [0, 0.1) is 0 Å². The lowest BCUT2D eigenvalue weighted by atomic mass is 10.1. The number of carbonyl (C=O) groups excluding carboxylic acids is 1. The second kappa shape index (κ2) is 6.65. The van der Waals surface area contributed by atoms with Crippen LogP contribution in [0.25, 0.3) is 0 Å². The lowest BCUT2D eigenvalue weighted by molar-refractivity contribution is 0.0260. The molecule has 140 valence electrons. The van der Waals surface area contributed by atoms with E-state index in [0.29, 0.717) is 13.1 Å². The van der Waals surface area contributed by atoms with Gasteiger partial charge in [-0.05, 0) is 45.0 Å². The first-order chi connectivity index (χ1) is 12.9. The molecule has 1 unspecified atom stereocenters. The largest absolute Gasteiger partial charge is 0.453 e. The molecule has 2 aromatic carbocycles. The van der Waals surface area contributed by atoms with Crippen LogP contribution in [0.5, 0.6) is 11.5 Å². The average Bonchev–Trinajstić information content (AvgIpc) is 2.65. The Hall–Kier alpha value is -2.95. The van der Waals surface area contributed by atoms with Crippen molar-refractivity contribution in [3.63, 3.8) is 0 Å². The summed E-state index contributed by atoms with van der Waals surface area (Å²) in [7, 11) is 0. The summed E-state index contributed by atoms with van der Waals surface area (Å²) in [5.74, 6) is 1.64. The summed E-state index contributed by atoms with van der Waals surface area (Å²) in [5.41, 5.74) is 1.49. The Morgan fingerprint density at radius 1 is 1.04 bits per heavy atom. The molecule has 0 aliphatic carbocycles. The number of carbonyl (C=O) groups is 1. The van der Waals surface area contributed by atoms with E-state index in [1.165, 1.54) is 0 Å².